The van der Waals surface area contributed by atoms with E-state index in [1.165, 1.54) is 15.9 Å². The summed E-state index contributed by atoms with van der Waals surface area (Å²) in [5, 5.41) is 11.0. The highest BCUT2D eigenvalue weighted by Crippen LogP contribution is 2.21. The Hall–Kier alpha value is -3.63. The molecule has 30 heavy (non-hydrogen) atoms. The first kappa shape index (κ1) is 19.7. The zero-order valence-corrected chi connectivity index (χ0v) is 16.3. The van der Waals surface area contributed by atoms with Gasteiger partial charge in [-0.15, -0.1) is 5.10 Å². The van der Waals surface area contributed by atoms with Crippen LogP contribution in [0.2, 0.25) is 0 Å². The molecule has 0 radical (unpaired) electrons. The number of carbonyl (C=O) groups is 2. The summed E-state index contributed by atoms with van der Waals surface area (Å²) in [7, 11) is 1.63. The first-order chi connectivity index (χ1) is 14.3. The highest BCUT2D eigenvalue weighted by atomic mass is 19.1. The van der Waals surface area contributed by atoms with Crippen LogP contribution in [0.1, 0.15) is 28.3 Å². The third-order valence-corrected chi connectivity index (χ3v) is 4.87. The number of benzene rings is 1. The zero-order valence-electron chi connectivity index (χ0n) is 16.3. The summed E-state index contributed by atoms with van der Waals surface area (Å²) in [6, 6.07) is 4.14. The number of aromatic nitrogens is 5. The number of carbonyl (C=O) groups excluding carboxylic acids is 2. The molecule has 11 heteroatoms. The van der Waals surface area contributed by atoms with Crippen LogP contribution >= 0.6 is 0 Å². The van der Waals surface area contributed by atoms with Gasteiger partial charge in [-0.25, -0.2) is 23.1 Å². The zero-order chi connectivity index (χ0) is 21.4. The fraction of sp³-hybridized carbons (Fsp3) is 0.316. The molecule has 1 atom stereocenters. The van der Waals surface area contributed by atoms with Crippen LogP contribution in [0.3, 0.4) is 0 Å². The Kier molecular flexibility index (Phi) is 5.02. The van der Waals surface area contributed by atoms with E-state index in [4.69, 9.17) is 0 Å². The van der Waals surface area contributed by atoms with Gasteiger partial charge in [-0.05, 0) is 31.5 Å². The van der Waals surface area contributed by atoms with E-state index >= 15 is 0 Å². The third-order valence-electron chi connectivity index (χ3n) is 4.87. The summed E-state index contributed by atoms with van der Waals surface area (Å²) in [5.74, 6) is -1.57. The molecule has 4 rings (SSSR count). The molecule has 1 aliphatic heterocycles. The van der Waals surface area contributed by atoms with Crippen molar-refractivity contribution in [3.05, 3.63) is 59.3 Å². The second-order valence-electron chi connectivity index (χ2n) is 7.08. The monoisotopic (exact) mass is 415 g/mol. The van der Waals surface area contributed by atoms with E-state index in [0.29, 0.717) is 18.8 Å². The summed E-state index contributed by atoms with van der Waals surface area (Å²) >= 11 is 0. The fourth-order valence-electron chi connectivity index (χ4n) is 3.36. The lowest BCUT2D eigenvalue weighted by Crippen LogP contribution is -2.47. The minimum absolute atomic E-state index is 0.0807. The van der Waals surface area contributed by atoms with E-state index in [1.807, 2.05) is 6.92 Å². The molecule has 156 valence electrons. The van der Waals surface area contributed by atoms with Crippen molar-refractivity contribution < 1.29 is 18.4 Å². The number of hydrogen-bond donors (Lipinski definition) is 1. The number of aryl methyl sites for hydroxylation is 2. The summed E-state index contributed by atoms with van der Waals surface area (Å²) in [6.45, 7) is 2.22. The smallest absolute Gasteiger partial charge is 0.291 e. The highest BCUT2D eigenvalue weighted by Gasteiger charge is 2.31. The van der Waals surface area contributed by atoms with Crippen LogP contribution in [-0.4, -0.2) is 49.4 Å². The molecule has 1 aromatic carbocycles. The Morgan fingerprint density at radius 1 is 1.27 bits per heavy atom. The number of hydrogen-bond acceptors (Lipinski definition) is 5. The maximum atomic E-state index is 13.8. The van der Waals surface area contributed by atoms with Gasteiger partial charge in [0, 0.05) is 25.2 Å². The number of rotatable bonds is 4. The van der Waals surface area contributed by atoms with Crippen molar-refractivity contribution in [2.75, 3.05) is 11.9 Å². The van der Waals surface area contributed by atoms with Gasteiger partial charge >= 0.3 is 0 Å². The van der Waals surface area contributed by atoms with Gasteiger partial charge < -0.3 is 5.32 Å². The SMILES string of the molecule is Cc1cc2n(n1)CC[C@H](NC(=O)c1ncn(Cc3cc(F)ccc3F)n1)C(=O)N2C. The minimum Gasteiger partial charge on any atom is -0.337 e. The van der Waals surface area contributed by atoms with Gasteiger partial charge in [0.1, 0.15) is 29.8 Å². The molecule has 0 saturated heterocycles. The minimum atomic E-state index is -0.767. The van der Waals surface area contributed by atoms with E-state index < -0.39 is 23.6 Å². The van der Waals surface area contributed by atoms with Gasteiger partial charge in [0.15, 0.2) is 0 Å². The second kappa shape index (κ2) is 7.65. The Bertz CT molecular complexity index is 1120. The molecule has 3 aromatic rings. The van der Waals surface area contributed by atoms with Crippen molar-refractivity contribution in [3.63, 3.8) is 0 Å². The van der Waals surface area contributed by atoms with Gasteiger partial charge in [0.25, 0.3) is 11.8 Å². The normalized spacial score (nSPS) is 16.3. The first-order valence-electron chi connectivity index (χ1n) is 9.28. The van der Waals surface area contributed by atoms with Crippen LogP contribution in [0.4, 0.5) is 14.6 Å². The average molecular weight is 415 g/mol. The molecule has 0 saturated carbocycles. The van der Waals surface area contributed by atoms with E-state index in [0.717, 1.165) is 23.9 Å². The standard InChI is InChI=1S/C19H19F2N7O2/c1-11-7-16-26(2)19(30)15(5-6-28(16)24-11)23-18(29)17-22-10-27(25-17)9-12-8-13(20)3-4-14(12)21/h3-4,7-8,10,15H,5-6,9H2,1-2H3,(H,23,29)/t15-/m0/s1. The number of fused-ring (bicyclic) bond motifs is 1. The lowest BCUT2D eigenvalue weighted by molar-refractivity contribution is -0.120. The molecule has 0 aliphatic carbocycles. The molecule has 3 heterocycles. The number of amides is 2. The molecule has 0 fully saturated rings. The van der Waals surface area contributed by atoms with Crippen LogP contribution < -0.4 is 10.2 Å². The van der Waals surface area contributed by atoms with Crippen molar-refractivity contribution in [3.8, 4) is 0 Å². The van der Waals surface area contributed by atoms with Crippen LogP contribution in [0.15, 0.2) is 30.6 Å². The Morgan fingerprint density at radius 3 is 2.87 bits per heavy atom. The lowest BCUT2D eigenvalue weighted by Gasteiger charge is -2.19. The van der Waals surface area contributed by atoms with Gasteiger partial charge in [-0.3, -0.25) is 14.5 Å². The predicted molar refractivity (Wildman–Crippen MR) is 102 cm³/mol. The number of nitrogens with one attached hydrogen (secondary N) is 1. The lowest BCUT2D eigenvalue weighted by atomic mass is 10.2. The molecule has 2 amide bonds. The van der Waals surface area contributed by atoms with Crippen molar-refractivity contribution in [1.82, 2.24) is 29.9 Å². The predicted octanol–water partition coefficient (Wildman–Crippen LogP) is 1.27. The molecular formula is C19H19F2N7O2. The van der Waals surface area contributed by atoms with Crippen LogP contribution in [0, 0.1) is 18.6 Å². The molecule has 0 bridgehead atoms. The van der Waals surface area contributed by atoms with Crippen LogP contribution in [-0.2, 0) is 17.9 Å². The topological polar surface area (TPSA) is 97.9 Å². The number of nitrogens with zero attached hydrogens (tertiary/aromatic N) is 6. The van der Waals surface area contributed by atoms with Gasteiger partial charge in [0.2, 0.25) is 5.82 Å². The van der Waals surface area contributed by atoms with Crippen molar-refractivity contribution >= 4 is 17.6 Å². The molecule has 9 nitrogen and oxygen atoms in total. The van der Waals surface area contributed by atoms with E-state index in [1.54, 1.807) is 17.8 Å². The van der Waals surface area contributed by atoms with Crippen molar-refractivity contribution in [2.45, 2.75) is 32.5 Å². The van der Waals surface area contributed by atoms with E-state index in [-0.39, 0.29) is 23.8 Å². The van der Waals surface area contributed by atoms with Gasteiger partial charge in [-0.2, -0.15) is 5.10 Å². The molecule has 0 spiro atoms. The molecular weight excluding hydrogens is 396 g/mol. The Labute approximate surface area is 170 Å². The second-order valence-corrected chi connectivity index (χ2v) is 7.08. The summed E-state index contributed by atoms with van der Waals surface area (Å²) in [5.41, 5.74) is 0.883. The molecule has 0 unspecified atom stereocenters. The Balaban J connectivity index is 1.45. The van der Waals surface area contributed by atoms with Gasteiger partial charge in [-0.1, -0.05) is 0 Å². The Morgan fingerprint density at radius 2 is 2.07 bits per heavy atom. The maximum Gasteiger partial charge on any atom is 0.291 e. The summed E-state index contributed by atoms with van der Waals surface area (Å²) in [4.78, 5) is 30.7. The summed E-state index contributed by atoms with van der Waals surface area (Å²) in [6.07, 6.45) is 1.61. The van der Waals surface area contributed by atoms with Crippen molar-refractivity contribution in [2.24, 2.45) is 0 Å². The number of likely N-dealkylation sites (N-methyl/N-ethyl adjacent to an activating group) is 1. The fourth-order valence-corrected chi connectivity index (χ4v) is 3.36. The number of halogens is 2. The largest absolute Gasteiger partial charge is 0.337 e. The van der Waals surface area contributed by atoms with E-state index in [9.17, 15) is 18.4 Å². The first-order valence-corrected chi connectivity index (χ1v) is 9.28. The van der Waals surface area contributed by atoms with Gasteiger partial charge in [0.05, 0.1) is 12.2 Å². The van der Waals surface area contributed by atoms with Crippen LogP contribution in [0.25, 0.3) is 0 Å². The highest BCUT2D eigenvalue weighted by molar-refractivity contribution is 6.00. The quantitative estimate of drug-likeness (QED) is 0.692. The molecule has 2 aromatic heterocycles. The maximum absolute atomic E-state index is 13.8. The molecule has 1 N–H and O–H groups in total. The molecule has 1 aliphatic rings. The third kappa shape index (κ3) is 3.78. The summed E-state index contributed by atoms with van der Waals surface area (Å²) < 4.78 is 30.1. The van der Waals surface area contributed by atoms with Crippen molar-refractivity contribution in [1.29, 1.82) is 0 Å². The number of anilines is 1. The van der Waals surface area contributed by atoms with Crippen LogP contribution in [0.5, 0.6) is 0 Å². The average Bonchev–Trinajstić information content (AvgIpc) is 3.31. The van der Waals surface area contributed by atoms with E-state index in [2.05, 4.69) is 20.5 Å².